The summed E-state index contributed by atoms with van der Waals surface area (Å²) in [5, 5.41) is 2.92. The fraction of sp³-hybridized carbons (Fsp3) is 0.632. The van der Waals surface area contributed by atoms with Gasteiger partial charge in [-0.25, -0.2) is 8.42 Å². The molecule has 1 amide bonds. The molecule has 4 fully saturated rings. The topological polar surface area (TPSA) is 75.3 Å². The summed E-state index contributed by atoms with van der Waals surface area (Å²) in [5.74, 6) is 2.11. The van der Waals surface area contributed by atoms with E-state index in [0.717, 1.165) is 19.3 Å². The lowest BCUT2D eigenvalue weighted by Crippen LogP contribution is -2.54. The molecule has 0 unspecified atom stereocenters. The standard InChI is InChI=1S/C19H26N2O3S/c22-18(19-11-14-8-15(12-19)10-16(9-14)13-19)20-6-7-25(23,24)21-17-4-2-1-3-5-17/h1-5,14-16,21H,6-13H2,(H,20,22). The zero-order valence-corrected chi connectivity index (χ0v) is 15.2. The van der Waals surface area contributed by atoms with E-state index in [4.69, 9.17) is 0 Å². The van der Waals surface area contributed by atoms with Crippen LogP contribution in [0, 0.1) is 23.2 Å². The number of benzene rings is 1. The van der Waals surface area contributed by atoms with E-state index < -0.39 is 10.0 Å². The van der Waals surface area contributed by atoms with Gasteiger partial charge in [0.25, 0.3) is 0 Å². The molecule has 0 aromatic heterocycles. The van der Waals surface area contributed by atoms with Gasteiger partial charge in [0.15, 0.2) is 0 Å². The summed E-state index contributed by atoms with van der Waals surface area (Å²) in [6.45, 7) is 0.169. The van der Waals surface area contributed by atoms with Crippen molar-refractivity contribution in [2.24, 2.45) is 23.2 Å². The fourth-order valence-electron chi connectivity index (χ4n) is 5.61. The second-order valence-electron chi connectivity index (χ2n) is 8.24. The summed E-state index contributed by atoms with van der Waals surface area (Å²) in [6.07, 6.45) is 6.88. The predicted octanol–water partition coefficient (Wildman–Crippen LogP) is 2.76. The molecule has 6 heteroatoms. The third-order valence-electron chi connectivity index (χ3n) is 6.22. The Morgan fingerprint density at radius 2 is 1.56 bits per heavy atom. The zero-order valence-electron chi connectivity index (χ0n) is 14.4. The third kappa shape index (κ3) is 3.54. The van der Waals surface area contributed by atoms with E-state index in [1.165, 1.54) is 19.3 Å². The van der Waals surface area contributed by atoms with Gasteiger partial charge in [-0.15, -0.1) is 0 Å². The first-order valence-corrected chi connectivity index (χ1v) is 10.9. The number of carbonyl (C=O) groups is 1. The quantitative estimate of drug-likeness (QED) is 0.817. The molecule has 5 nitrogen and oxygen atoms in total. The van der Waals surface area contributed by atoms with Crippen molar-refractivity contribution in [1.29, 1.82) is 0 Å². The number of hydrogen-bond acceptors (Lipinski definition) is 3. The van der Waals surface area contributed by atoms with Crippen LogP contribution in [0.15, 0.2) is 30.3 Å². The monoisotopic (exact) mass is 362 g/mol. The first-order chi connectivity index (χ1) is 11.9. The maximum absolute atomic E-state index is 12.8. The van der Waals surface area contributed by atoms with Gasteiger partial charge in [0.1, 0.15) is 0 Å². The van der Waals surface area contributed by atoms with Gasteiger partial charge in [-0.1, -0.05) is 18.2 Å². The van der Waals surface area contributed by atoms with Crippen molar-refractivity contribution < 1.29 is 13.2 Å². The largest absolute Gasteiger partial charge is 0.355 e. The van der Waals surface area contributed by atoms with Crippen molar-refractivity contribution in [3.8, 4) is 0 Å². The maximum atomic E-state index is 12.8. The van der Waals surface area contributed by atoms with Gasteiger partial charge in [-0.3, -0.25) is 9.52 Å². The molecule has 0 atom stereocenters. The Morgan fingerprint density at radius 1 is 1.00 bits per heavy atom. The molecule has 4 aliphatic carbocycles. The molecular weight excluding hydrogens is 336 g/mol. The molecule has 2 N–H and O–H groups in total. The summed E-state index contributed by atoms with van der Waals surface area (Å²) in [7, 11) is -3.45. The number of para-hydroxylation sites is 1. The van der Waals surface area contributed by atoms with Crippen LogP contribution in [0.2, 0.25) is 0 Å². The number of anilines is 1. The third-order valence-corrected chi connectivity index (χ3v) is 7.51. The molecule has 4 aliphatic rings. The number of sulfonamides is 1. The van der Waals surface area contributed by atoms with Crippen molar-refractivity contribution >= 4 is 21.6 Å². The molecule has 0 aliphatic heterocycles. The second kappa shape index (κ2) is 6.31. The summed E-state index contributed by atoms with van der Waals surface area (Å²) >= 11 is 0. The number of nitrogens with one attached hydrogen (secondary N) is 2. The normalized spacial score (nSPS) is 33.2. The van der Waals surface area contributed by atoms with Crippen molar-refractivity contribution in [1.82, 2.24) is 5.32 Å². The summed E-state index contributed by atoms with van der Waals surface area (Å²) in [5.41, 5.74) is 0.334. The molecule has 0 spiro atoms. The highest BCUT2D eigenvalue weighted by atomic mass is 32.2. The molecule has 1 aromatic rings. The molecule has 1 aromatic carbocycles. The van der Waals surface area contributed by atoms with Gasteiger partial charge in [-0.05, 0) is 68.4 Å². The first kappa shape index (κ1) is 16.9. The van der Waals surface area contributed by atoms with Crippen molar-refractivity contribution in [2.75, 3.05) is 17.0 Å². The van der Waals surface area contributed by atoms with Crippen LogP contribution in [0.25, 0.3) is 0 Å². The smallest absolute Gasteiger partial charge is 0.234 e. The summed E-state index contributed by atoms with van der Waals surface area (Å²) in [4.78, 5) is 12.8. The molecule has 5 rings (SSSR count). The summed E-state index contributed by atoms with van der Waals surface area (Å²) in [6, 6.07) is 8.83. The molecule has 0 radical (unpaired) electrons. The van der Waals surface area contributed by atoms with Gasteiger partial charge >= 0.3 is 0 Å². The lowest BCUT2D eigenvalue weighted by Gasteiger charge is -2.55. The molecule has 4 bridgehead atoms. The van der Waals surface area contributed by atoms with Crippen molar-refractivity contribution in [3.63, 3.8) is 0 Å². The second-order valence-corrected chi connectivity index (χ2v) is 10.1. The molecule has 0 saturated heterocycles. The highest BCUT2D eigenvalue weighted by Gasteiger charge is 2.54. The van der Waals surface area contributed by atoms with Crippen LogP contribution in [0.4, 0.5) is 5.69 Å². The van der Waals surface area contributed by atoms with Crippen LogP contribution in [-0.4, -0.2) is 26.6 Å². The fourth-order valence-corrected chi connectivity index (χ4v) is 6.58. The Bertz CT molecular complexity index is 710. The molecular formula is C19H26N2O3S. The predicted molar refractivity (Wildman–Crippen MR) is 97.5 cm³/mol. The van der Waals surface area contributed by atoms with Crippen LogP contribution >= 0.6 is 0 Å². The Morgan fingerprint density at radius 3 is 2.12 bits per heavy atom. The average Bonchev–Trinajstić information content (AvgIpc) is 2.53. The SMILES string of the molecule is O=C(NCCS(=O)(=O)Nc1ccccc1)C12CC3CC(CC(C3)C1)C2. The van der Waals surface area contributed by atoms with Crippen molar-refractivity contribution in [2.45, 2.75) is 38.5 Å². The first-order valence-electron chi connectivity index (χ1n) is 9.28. The highest BCUT2D eigenvalue weighted by molar-refractivity contribution is 7.92. The van der Waals surface area contributed by atoms with E-state index in [9.17, 15) is 13.2 Å². The molecule has 4 saturated carbocycles. The maximum Gasteiger partial charge on any atom is 0.234 e. The Kier molecular flexibility index (Phi) is 4.26. The lowest BCUT2D eigenvalue weighted by molar-refractivity contribution is -0.146. The minimum absolute atomic E-state index is 0.0847. The Hall–Kier alpha value is -1.56. The van der Waals surface area contributed by atoms with E-state index in [1.807, 2.05) is 6.07 Å². The zero-order chi connectivity index (χ0) is 17.5. The van der Waals surface area contributed by atoms with Crippen LogP contribution in [0.3, 0.4) is 0 Å². The van der Waals surface area contributed by atoms with E-state index in [2.05, 4.69) is 10.0 Å². The van der Waals surface area contributed by atoms with Gasteiger partial charge in [0, 0.05) is 17.6 Å². The highest BCUT2D eigenvalue weighted by Crippen LogP contribution is 2.60. The molecule has 0 heterocycles. The van der Waals surface area contributed by atoms with E-state index in [0.29, 0.717) is 23.4 Å². The lowest BCUT2D eigenvalue weighted by atomic mass is 9.49. The number of carbonyl (C=O) groups excluding carboxylic acids is 1. The van der Waals surface area contributed by atoms with Gasteiger partial charge < -0.3 is 5.32 Å². The number of hydrogen-bond donors (Lipinski definition) is 2. The number of rotatable bonds is 6. The van der Waals surface area contributed by atoms with Crippen LogP contribution < -0.4 is 10.0 Å². The van der Waals surface area contributed by atoms with Crippen LogP contribution in [0.1, 0.15) is 38.5 Å². The van der Waals surface area contributed by atoms with E-state index in [-0.39, 0.29) is 23.6 Å². The average molecular weight is 362 g/mol. The Labute approximate surface area is 149 Å². The molecule has 136 valence electrons. The minimum atomic E-state index is -3.45. The van der Waals surface area contributed by atoms with E-state index >= 15 is 0 Å². The van der Waals surface area contributed by atoms with Crippen LogP contribution in [-0.2, 0) is 14.8 Å². The Balaban J connectivity index is 1.32. The molecule has 25 heavy (non-hydrogen) atoms. The van der Waals surface area contributed by atoms with Gasteiger partial charge in [0.2, 0.25) is 15.9 Å². The number of amides is 1. The minimum Gasteiger partial charge on any atom is -0.355 e. The van der Waals surface area contributed by atoms with E-state index in [1.54, 1.807) is 24.3 Å². The van der Waals surface area contributed by atoms with Gasteiger partial charge in [-0.2, -0.15) is 0 Å². The summed E-state index contributed by atoms with van der Waals surface area (Å²) < 4.78 is 26.9. The van der Waals surface area contributed by atoms with Crippen molar-refractivity contribution in [3.05, 3.63) is 30.3 Å². The van der Waals surface area contributed by atoms with Crippen LogP contribution in [0.5, 0.6) is 0 Å². The van der Waals surface area contributed by atoms with Gasteiger partial charge in [0.05, 0.1) is 5.75 Å².